The highest BCUT2D eigenvalue weighted by molar-refractivity contribution is 7.88. The molecule has 1 amide bonds. The summed E-state index contributed by atoms with van der Waals surface area (Å²) >= 11 is 6.05. The molecular formula is C21H31ClN2O3S. The molecule has 1 aromatic rings. The van der Waals surface area contributed by atoms with Crippen LogP contribution in [0.3, 0.4) is 0 Å². The second kappa shape index (κ2) is 8.97. The highest BCUT2D eigenvalue weighted by Gasteiger charge is 2.46. The van der Waals surface area contributed by atoms with E-state index in [1.54, 1.807) is 13.1 Å². The quantitative estimate of drug-likeness (QED) is 0.583. The van der Waals surface area contributed by atoms with Crippen molar-refractivity contribution in [3.8, 4) is 0 Å². The Hall–Kier alpha value is -1.37. The minimum Gasteiger partial charge on any atom is -0.331 e. The molecule has 1 fully saturated rings. The summed E-state index contributed by atoms with van der Waals surface area (Å²) in [4.78, 5) is 15.5. The van der Waals surface area contributed by atoms with Gasteiger partial charge in [-0.05, 0) is 43.4 Å². The second-order valence-electron chi connectivity index (χ2n) is 7.98. The Kier molecular flexibility index (Phi) is 7.34. The van der Waals surface area contributed by atoms with Gasteiger partial charge in [-0.15, -0.1) is 6.58 Å². The van der Waals surface area contributed by atoms with Crippen molar-refractivity contribution in [3.05, 3.63) is 47.5 Å². The topological polar surface area (TPSA) is 57.7 Å². The van der Waals surface area contributed by atoms with Gasteiger partial charge in [-0.3, -0.25) is 4.79 Å². The standard InChI is InChI=1S/C21H31ClN2O3S/c1-6-13-21(3)14-12-19(16-8-10-17(22)11-9-16)24(20(21)25)18(7-2)15-23(4)28(5,26)27/h6,8-11,18-19H,1,7,12-15H2,2-5H3/t18-,19?,21-/m0/s1. The molecule has 3 atom stereocenters. The fourth-order valence-electron chi connectivity index (χ4n) is 3.94. The van der Waals surface area contributed by atoms with Crippen LogP contribution >= 0.6 is 11.6 Å². The first-order valence-corrected chi connectivity index (χ1v) is 11.9. The molecule has 0 spiro atoms. The highest BCUT2D eigenvalue weighted by atomic mass is 35.5. The number of amides is 1. The number of hydrogen-bond acceptors (Lipinski definition) is 3. The number of likely N-dealkylation sites (N-methyl/N-ethyl adjacent to an activating group) is 1. The molecule has 2 rings (SSSR count). The van der Waals surface area contributed by atoms with Gasteiger partial charge in [0.05, 0.1) is 17.7 Å². The van der Waals surface area contributed by atoms with Crippen LogP contribution in [0.2, 0.25) is 5.02 Å². The van der Waals surface area contributed by atoms with E-state index in [9.17, 15) is 13.2 Å². The Morgan fingerprint density at radius 2 is 2.00 bits per heavy atom. The summed E-state index contributed by atoms with van der Waals surface area (Å²) in [5, 5.41) is 0.651. The number of hydrogen-bond donors (Lipinski definition) is 0. The lowest BCUT2D eigenvalue weighted by Crippen LogP contribution is -2.55. The number of likely N-dealkylation sites (tertiary alicyclic amines) is 1. The summed E-state index contributed by atoms with van der Waals surface area (Å²) in [5.41, 5.74) is 0.515. The lowest BCUT2D eigenvalue weighted by Gasteiger charge is -2.48. The van der Waals surface area contributed by atoms with E-state index in [0.717, 1.165) is 18.4 Å². The molecule has 1 saturated heterocycles. The summed E-state index contributed by atoms with van der Waals surface area (Å²) in [6.07, 6.45) is 5.84. The summed E-state index contributed by atoms with van der Waals surface area (Å²) in [6.45, 7) is 8.07. The molecule has 1 unspecified atom stereocenters. The van der Waals surface area contributed by atoms with E-state index in [0.29, 0.717) is 17.9 Å². The largest absolute Gasteiger partial charge is 0.331 e. The van der Waals surface area contributed by atoms with Crippen LogP contribution in [-0.2, 0) is 14.8 Å². The molecule has 156 valence electrons. The van der Waals surface area contributed by atoms with E-state index in [-0.39, 0.29) is 24.5 Å². The van der Waals surface area contributed by atoms with Gasteiger partial charge in [0, 0.05) is 24.7 Å². The molecule has 1 aliphatic heterocycles. The van der Waals surface area contributed by atoms with E-state index in [1.165, 1.54) is 10.6 Å². The Morgan fingerprint density at radius 1 is 1.39 bits per heavy atom. The number of benzene rings is 1. The third-order valence-corrected chi connectivity index (χ3v) is 7.34. The Morgan fingerprint density at radius 3 is 2.50 bits per heavy atom. The second-order valence-corrected chi connectivity index (χ2v) is 10.5. The number of carbonyl (C=O) groups is 1. The van der Waals surface area contributed by atoms with E-state index in [1.807, 2.05) is 43.0 Å². The predicted molar refractivity (Wildman–Crippen MR) is 115 cm³/mol. The molecule has 0 aromatic heterocycles. The number of carbonyl (C=O) groups excluding carboxylic acids is 1. The van der Waals surface area contributed by atoms with E-state index < -0.39 is 15.4 Å². The summed E-state index contributed by atoms with van der Waals surface area (Å²) < 4.78 is 25.2. The maximum absolute atomic E-state index is 13.6. The molecule has 0 bridgehead atoms. The molecule has 1 heterocycles. The average Bonchev–Trinajstić information content (AvgIpc) is 2.62. The van der Waals surface area contributed by atoms with Crippen molar-refractivity contribution in [3.63, 3.8) is 0 Å². The zero-order valence-corrected chi connectivity index (χ0v) is 18.8. The van der Waals surface area contributed by atoms with Gasteiger partial charge < -0.3 is 4.90 Å². The average molecular weight is 427 g/mol. The first kappa shape index (κ1) is 22.9. The summed E-state index contributed by atoms with van der Waals surface area (Å²) in [6, 6.07) is 7.27. The first-order valence-electron chi connectivity index (χ1n) is 9.64. The third-order valence-electron chi connectivity index (χ3n) is 5.80. The molecule has 0 radical (unpaired) electrons. The number of rotatable bonds is 8. The van der Waals surface area contributed by atoms with Crippen LogP contribution in [0.4, 0.5) is 0 Å². The SMILES string of the molecule is C=CC[C@@]1(C)CCC(c2ccc(Cl)cc2)N([C@@H](CC)CN(C)S(C)(=O)=O)C1=O. The lowest BCUT2D eigenvalue weighted by atomic mass is 9.74. The molecule has 0 N–H and O–H groups in total. The van der Waals surface area contributed by atoms with Crippen LogP contribution in [0.5, 0.6) is 0 Å². The number of piperidine rings is 1. The first-order chi connectivity index (χ1) is 13.0. The van der Waals surface area contributed by atoms with Crippen LogP contribution in [0.1, 0.15) is 51.1 Å². The monoisotopic (exact) mass is 426 g/mol. The molecule has 0 aliphatic carbocycles. The van der Waals surface area contributed by atoms with Crippen LogP contribution in [0, 0.1) is 5.41 Å². The molecule has 5 nitrogen and oxygen atoms in total. The van der Waals surface area contributed by atoms with Gasteiger partial charge in [-0.1, -0.05) is 43.7 Å². The Bertz CT molecular complexity index is 809. The fourth-order valence-corrected chi connectivity index (χ4v) is 4.51. The number of allylic oxidation sites excluding steroid dienone is 1. The van der Waals surface area contributed by atoms with Gasteiger partial charge in [-0.25, -0.2) is 12.7 Å². The molecule has 1 aromatic carbocycles. The Balaban J connectivity index is 2.45. The molecule has 28 heavy (non-hydrogen) atoms. The van der Waals surface area contributed by atoms with Crippen molar-refractivity contribution in [2.45, 2.75) is 51.6 Å². The predicted octanol–water partition coefficient (Wildman–Crippen LogP) is 4.26. The van der Waals surface area contributed by atoms with Crippen molar-refractivity contribution in [2.24, 2.45) is 5.41 Å². The van der Waals surface area contributed by atoms with Gasteiger partial charge >= 0.3 is 0 Å². The van der Waals surface area contributed by atoms with Crippen molar-refractivity contribution < 1.29 is 13.2 Å². The van der Waals surface area contributed by atoms with E-state index in [2.05, 4.69) is 6.58 Å². The normalized spacial score (nSPS) is 24.4. The van der Waals surface area contributed by atoms with Gasteiger partial charge in [0.2, 0.25) is 15.9 Å². The lowest BCUT2D eigenvalue weighted by molar-refractivity contribution is -0.153. The number of sulfonamides is 1. The van der Waals surface area contributed by atoms with Gasteiger partial charge in [-0.2, -0.15) is 0 Å². The van der Waals surface area contributed by atoms with Crippen molar-refractivity contribution in [1.29, 1.82) is 0 Å². The van der Waals surface area contributed by atoms with Crippen LogP contribution in [-0.4, -0.2) is 49.4 Å². The summed E-state index contributed by atoms with van der Waals surface area (Å²) in [7, 11) is -1.77. The molecule has 1 aliphatic rings. The van der Waals surface area contributed by atoms with E-state index >= 15 is 0 Å². The minimum absolute atomic E-state index is 0.0624. The van der Waals surface area contributed by atoms with E-state index in [4.69, 9.17) is 11.6 Å². The maximum atomic E-state index is 13.6. The number of halogens is 1. The Labute approximate surface area is 174 Å². The minimum atomic E-state index is -3.33. The van der Waals surface area contributed by atoms with Crippen molar-refractivity contribution in [1.82, 2.24) is 9.21 Å². The fraction of sp³-hybridized carbons (Fsp3) is 0.571. The highest BCUT2D eigenvalue weighted by Crippen LogP contribution is 2.44. The summed E-state index contributed by atoms with van der Waals surface area (Å²) in [5.74, 6) is 0.0624. The number of nitrogens with zero attached hydrogens (tertiary/aromatic N) is 2. The smallest absolute Gasteiger partial charge is 0.229 e. The van der Waals surface area contributed by atoms with Crippen LogP contribution in [0.15, 0.2) is 36.9 Å². The van der Waals surface area contributed by atoms with Crippen molar-refractivity contribution >= 4 is 27.5 Å². The zero-order chi connectivity index (χ0) is 21.1. The van der Waals surface area contributed by atoms with Crippen LogP contribution < -0.4 is 0 Å². The van der Waals surface area contributed by atoms with Gasteiger partial charge in [0.1, 0.15) is 0 Å². The molecule has 0 saturated carbocycles. The molecular weight excluding hydrogens is 396 g/mol. The van der Waals surface area contributed by atoms with Crippen molar-refractivity contribution in [2.75, 3.05) is 19.8 Å². The van der Waals surface area contributed by atoms with Gasteiger partial charge in [0.25, 0.3) is 0 Å². The molecule has 7 heteroatoms. The third kappa shape index (κ3) is 4.97. The van der Waals surface area contributed by atoms with Gasteiger partial charge in [0.15, 0.2) is 0 Å². The zero-order valence-electron chi connectivity index (χ0n) is 17.2. The maximum Gasteiger partial charge on any atom is 0.229 e. The van der Waals surface area contributed by atoms with Crippen LogP contribution in [0.25, 0.3) is 0 Å².